The molecule has 0 amide bonds. The molecule has 0 aliphatic carbocycles. The lowest BCUT2D eigenvalue weighted by Crippen LogP contribution is -2.38. The number of nitrogens with zero attached hydrogens (tertiary/aromatic N) is 1. The van der Waals surface area contributed by atoms with E-state index in [0.717, 1.165) is 19.5 Å². The Morgan fingerprint density at radius 2 is 1.88 bits per heavy atom. The van der Waals surface area contributed by atoms with Crippen LogP contribution in [0.3, 0.4) is 0 Å². The first-order valence-electron chi connectivity index (χ1n) is 8.33. The number of aliphatic hydroxyl groups is 1. The molecule has 2 aromatic rings. The molecule has 1 aliphatic heterocycles. The van der Waals surface area contributed by atoms with Crippen molar-refractivity contribution < 1.29 is 14.6 Å². The van der Waals surface area contributed by atoms with Crippen molar-refractivity contribution in [3.05, 3.63) is 65.2 Å². The van der Waals surface area contributed by atoms with Gasteiger partial charge < -0.3 is 9.84 Å². The number of rotatable bonds is 6. The molecule has 0 bridgehead atoms. The highest BCUT2D eigenvalue weighted by atomic mass is 16.5. The first-order valence-corrected chi connectivity index (χ1v) is 8.33. The van der Waals surface area contributed by atoms with Gasteiger partial charge >= 0.3 is 0 Å². The molecule has 0 radical (unpaired) electrons. The van der Waals surface area contributed by atoms with Gasteiger partial charge in [-0.1, -0.05) is 24.3 Å². The average molecular weight is 325 g/mol. The van der Waals surface area contributed by atoms with Gasteiger partial charge in [-0.2, -0.15) is 0 Å². The zero-order chi connectivity index (χ0) is 16.9. The highest BCUT2D eigenvalue weighted by molar-refractivity contribution is 5.94. The summed E-state index contributed by atoms with van der Waals surface area (Å²) in [6, 6.07) is 15.5. The van der Waals surface area contributed by atoms with Gasteiger partial charge in [0.15, 0.2) is 5.78 Å². The standard InChI is InChI=1S/C20H23NO3/c1-15(22)16-6-8-20(9-7-16)24-14-19(23)13-21-11-10-17-4-2-3-5-18(17)12-21/h2-9,19,23H,10-14H2,1H3/t19-/m1/s1. The van der Waals surface area contributed by atoms with Crippen LogP contribution in [-0.2, 0) is 13.0 Å². The Morgan fingerprint density at radius 1 is 1.17 bits per heavy atom. The average Bonchev–Trinajstić information content (AvgIpc) is 2.60. The summed E-state index contributed by atoms with van der Waals surface area (Å²) < 4.78 is 5.63. The first-order chi connectivity index (χ1) is 11.6. The van der Waals surface area contributed by atoms with Crippen LogP contribution in [0.2, 0.25) is 0 Å². The zero-order valence-corrected chi connectivity index (χ0v) is 13.9. The van der Waals surface area contributed by atoms with E-state index in [9.17, 15) is 9.90 Å². The van der Waals surface area contributed by atoms with Gasteiger partial charge in [0.25, 0.3) is 0 Å². The fraction of sp³-hybridized carbons (Fsp3) is 0.350. The summed E-state index contributed by atoms with van der Waals surface area (Å²) in [7, 11) is 0. The first kappa shape index (κ1) is 16.7. The molecular weight excluding hydrogens is 302 g/mol. The third-order valence-corrected chi connectivity index (χ3v) is 4.38. The minimum Gasteiger partial charge on any atom is -0.491 e. The van der Waals surface area contributed by atoms with Crippen molar-refractivity contribution in [2.45, 2.75) is 26.0 Å². The summed E-state index contributed by atoms with van der Waals surface area (Å²) in [5.74, 6) is 0.704. The van der Waals surface area contributed by atoms with E-state index in [0.29, 0.717) is 17.9 Å². The number of hydrogen-bond acceptors (Lipinski definition) is 4. The maximum Gasteiger partial charge on any atom is 0.159 e. The molecular formula is C20H23NO3. The smallest absolute Gasteiger partial charge is 0.159 e. The molecule has 126 valence electrons. The minimum atomic E-state index is -0.539. The number of ketones is 1. The quantitative estimate of drug-likeness (QED) is 0.830. The number of fused-ring (bicyclic) bond motifs is 1. The maximum atomic E-state index is 11.2. The fourth-order valence-corrected chi connectivity index (χ4v) is 3.04. The van der Waals surface area contributed by atoms with Gasteiger partial charge in [0.05, 0.1) is 0 Å². The van der Waals surface area contributed by atoms with Gasteiger partial charge in [-0.25, -0.2) is 0 Å². The summed E-state index contributed by atoms with van der Waals surface area (Å²) in [4.78, 5) is 13.5. The van der Waals surface area contributed by atoms with Crippen molar-refractivity contribution in [2.24, 2.45) is 0 Å². The molecule has 4 heteroatoms. The number of Topliss-reactive ketones (excluding diaryl/α,β-unsaturated/α-hetero) is 1. The largest absolute Gasteiger partial charge is 0.491 e. The Labute approximate surface area is 142 Å². The molecule has 1 atom stereocenters. The lowest BCUT2D eigenvalue weighted by molar-refractivity contribution is 0.0637. The molecule has 0 saturated carbocycles. The number of aliphatic hydroxyl groups excluding tert-OH is 1. The molecule has 3 rings (SSSR count). The summed E-state index contributed by atoms with van der Waals surface area (Å²) in [5.41, 5.74) is 3.41. The van der Waals surface area contributed by atoms with Crippen LogP contribution in [0, 0.1) is 0 Å². The molecule has 0 unspecified atom stereocenters. The van der Waals surface area contributed by atoms with Gasteiger partial charge in [-0.3, -0.25) is 9.69 Å². The SMILES string of the molecule is CC(=O)c1ccc(OC[C@H](O)CN2CCc3ccccc3C2)cc1. The predicted molar refractivity (Wildman–Crippen MR) is 93.4 cm³/mol. The van der Waals surface area contributed by atoms with Crippen LogP contribution in [0.5, 0.6) is 5.75 Å². The Kier molecular flexibility index (Phi) is 5.28. The second-order valence-electron chi connectivity index (χ2n) is 6.30. The van der Waals surface area contributed by atoms with E-state index in [-0.39, 0.29) is 12.4 Å². The van der Waals surface area contributed by atoms with Crippen LogP contribution >= 0.6 is 0 Å². The van der Waals surface area contributed by atoms with E-state index in [1.165, 1.54) is 18.1 Å². The summed E-state index contributed by atoms with van der Waals surface area (Å²) in [6.45, 7) is 4.22. The van der Waals surface area contributed by atoms with Gasteiger partial charge in [0.1, 0.15) is 18.5 Å². The van der Waals surface area contributed by atoms with Gasteiger partial charge in [-0.15, -0.1) is 0 Å². The monoisotopic (exact) mass is 325 g/mol. The van der Waals surface area contributed by atoms with E-state index < -0.39 is 6.10 Å². The Balaban J connectivity index is 1.48. The van der Waals surface area contributed by atoms with Gasteiger partial charge in [0, 0.05) is 25.2 Å². The highest BCUT2D eigenvalue weighted by Crippen LogP contribution is 2.19. The molecule has 0 saturated heterocycles. The summed E-state index contributed by atoms with van der Waals surface area (Å²) in [5, 5.41) is 10.2. The fourth-order valence-electron chi connectivity index (χ4n) is 3.04. The number of hydrogen-bond donors (Lipinski definition) is 1. The predicted octanol–water partition coefficient (Wildman–Crippen LogP) is 2.69. The molecule has 0 fully saturated rings. The number of carbonyl (C=O) groups excluding carboxylic acids is 1. The normalized spacial score (nSPS) is 15.6. The van der Waals surface area contributed by atoms with Crippen molar-refractivity contribution in [1.82, 2.24) is 4.90 Å². The number of carbonyl (C=O) groups is 1. The van der Waals surface area contributed by atoms with Crippen LogP contribution in [0.25, 0.3) is 0 Å². The van der Waals surface area contributed by atoms with Crippen LogP contribution in [-0.4, -0.2) is 41.6 Å². The Hall–Kier alpha value is -2.17. The zero-order valence-electron chi connectivity index (χ0n) is 13.9. The number of ether oxygens (including phenoxy) is 1. The van der Waals surface area contributed by atoms with Crippen molar-refractivity contribution in [3.63, 3.8) is 0 Å². The van der Waals surface area contributed by atoms with E-state index >= 15 is 0 Å². The Morgan fingerprint density at radius 3 is 2.58 bits per heavy atom. The number of benzene rings is 2. The summed E-state index contributed by atoms with van der Waals surface area (Å²) in [6.07, 6.45) is 0.485. The van der Waals surface area contributed by atoms with E-state index in [2.05, 4.69) is 29.2 Å². The third kappa shape index (κ3) is 4.22. The molecule has 0 spiro atoms. The highest BCUT2D eigenvalue weighted by Gasteiger charge is 2.18. The van der Waals surface area contributed by atoms with Crippen LogP contribution in [0.15, 0.2) is 48.5 Å². The van der Waals surface area contributed by atoms with Crippen molar-refractivity contribution in [3.8, 4) is 5.75 Å². The van der Waals surface area contributed by atoms with Gasteiger partial charge in [0.2, 0.25) is 0 Å². The molecule has 0 aromatic heterocycles. The molecule has 1 N–H and O–H groups in total. The molecule has 24 heavy (non-hydrogen) atoms. The van der Waals surface area contributed by atoms with E-state index in [1.807, 2.05) is 0 Å². The van der Waals surface area contributed by atoms with Crippen LogP contribution < -0.4 is 4.74 Å². The van der Waals surface area contributed by atoms with E-state index in [4.69, 9.17) is 4.74 Å². The minimum absolute atomic E-state index is 0.0342. The second-order valence-corrected chi connectivity index (χ2v) is 6.30. The third-order valence-electron chi connectivity index (χ3n) is 4.38. The van der Waals surface area contributed by atoms with Crippen molar-refractivity contribution in [1.29, 1.82) is 0 Å². The summed E-state index contributed by atoms with van der Waals surface area (Å²) >= 11 is 0. The second kappa shape index (κ2) is 7.60. The lowest BCUT2D eigenvalue weighted by Gasteiger charge is -2.30. The molecule has 1 heterocycles. The van der Waals surface area contributed by atoms with Crippen molar-refractivity contribution in [2.75, 3.05) is 19.7 Å². The lowest BCUT2D eigenvalue weighted by atomic mass is 10.00. The van der Waals surface area contributed by atoms with Crippen molar-refractivity contribution >= 4 is 5.78 Å². The molecule has 4 nitrogen and oxygen atoms in total. The van der Waals surface area contributed by atoms with Crippen LogP contribution in [0.4, 0.5) is 0 Å². The van der Waals surface area contributed by atoms with Gasteiger partial charge in [-0.05, 0) is 48.7 Å². The Bertz CT molecular complexity index is 696. The maximum absolute atomic E-state index is 11.2. The topological polar surface area (TPSA) is 49.8 Å². The van der Waals surface area contributed by atoms with Crippen LogP contribution in [0.1, 0.15) is 28.4 Å². The molecule has 1 aliphatic rings. The molecule has 2 aromatic carbocycles. The number of β-amino-alcohol motifs (C(OH)–C–C–N with tert-alkyl or cyclic N) is 1. The van der Waals surface area contributed by atoms with E-state index in [1.54, 1.807) is 24.3 Å².